The van der Waals surface area contributed by atoms with Crippen molar-refractivity contribution in [2.24, 2.45) is 0 Å². The fourth-order valence-electron chi connectivity index (χ4n) is 3.38. The van der Waals surface area contributed by atoms with Gasteiger partial charge >= 0.3 is 6.03 Å². The largest absolute Gasteiger partial charge is 0.373 e. The molecule has 22 heavy (non-hydrogen) atoms. The van der Waals surface area contributed by atoms with Crippen molar-refractivity contribution in [2.75, 3.05) is 11.9 Å². The molecule has 2 fully saturated rings. The van der Waals surface area contributed by atoms with Gasteiger partial charge in [0.15, 0.2) is 0 Å². The zero-order valence-corrected chi connectivity index (χ0v) is 13.0. The van der Waals surface area contributed by atoms with Gasteiger partial charge in [-0.15, -0.1) is 0 Å². The summed E-state index contributed by atoms with van der Waals surface area (Å²) in [5.41, 5.74) is 0.0145. The molecule has 2 amide bonds. The number of carbonyl (C=O) groups excluding carboxylic acids is 1. The Morgan fingerprint density at radius 1 is 1.45 bits per heavy atom. The number of hydrogen-bond acceptors (Lipinski definition) is 5. The van der Waals surface area contributed by atoms with Gasteiger partial charge in [0.05, 0.1) is 18.2 Å². The molecule has 1 aromatic heterocycles. The number of urea groups is 1. The van der Waals surface area contributed by atoms with Crippen molar-refractivity contribution in [1.29, 1.82) is 0 Å². The molecule has 1 aliphatic heterocycles. The summed E-state index contributed by atoms with van der Waals surface area (Å²) >= 11 is 0. The van der Waals surface area contributed by atoms with E-state index in [0.29, 0.717) is 19.1 Å². The van der Waals surface area contributed by atoms with Gasteiger partial charge in [0.1, 0.15) is 0 Å². The van der Waals surface area contributed by atoms with E-state index in [9.17, 15) is 4.79 Å². The van der Waals surface area contributed by atoms with Crippen LogP contribution in [-0.4, -0.2) is 44.5 Å². The molecule has 1 aliphatic carbocycles. The van der Waals surface area contributed by atoms with Crippen LogP contribution in [0.25, 0.3) is 0 Å². The quantitative estimate of drug-likeness (QED) is 0.863. The molecule has 1 aromatic rings. The fraction of sp³-hybridized carbons (Fsp3) is 0.857. The van der Waals surface area contributed by atoms with E-state index < -0.39 is 0 Å². The number of aryl methyl sites for hydroxylation is 1. The number of unbranched alkanes of at least 4 members (excludes halogenated alkanes) is 1. The number of nitrogens with one attached hydrogen (secondary N) is 2. The lowest BCUT2D eigenvalue weighted by molar-refractivity contribution is 0.00998. The molecule has 2 aliphatic rings. The summed E-state index contributed by atoms with van der Waals surface area (Å²) in [5.74, 6) is 0.389. The van der Waals surface area contributed by atoms with E-state index in [4.69, 9.17) is 4.74 Å². The Morgan fingerprint density at radius 2 is 2.27 bits per heavy atom. The Balaban J connectivity index is 1.50. The van der Waals surface area contributed by atoms with Crippen LogP contribution in [0.3, 0.4) is 0 Å². The number of ether oxygens (including phenoxy) is 1. The molecule has 122 valence electrons. The van der Waals surface area contributed by atoms with E-state index in [1.807, 2.05) is 0 Å². The van der Waals surface area contributed by atoms with Crippen LogP contribution in [0.1, 0.15) is 51.9 Å². The minimum absolute atomic E-state index is 0.0145. The summed E-state index contributed by atoms with van der Waals surface area (Å²) in [6.07, 6.45) is 7.61. The van der Waals surface area contributed by atoms with Gasteiger partial charge in [-0.25, -0.2) is 9.48 Å². The average molecular weight is 308 g/mol. The maximum atomic E-state index is 12.1. The number of amides is 2. The number of tetrazole rings is 1. The van der Waals surface area contributed by atoms with Gasteiger partial charge in [0, 0.05) is 6.54 Å². The molecule has 2 N–H and O–H groups in total. The van der Waals surface area contributed by atoms with E-state index in [1.54, 1.807) is 4.68 Å². The van der Waals surface area contributed by atoms with E-state index in [-0.39, 0.29) is 17.7 Å². The SMILES string of the molecule is CCCCn1nnnc1NC(=O)NC1COC2(CCCC2)C1. The van der Waals surface area contributed by atoms with Gasteiger partial charge in [-0.3, -0.25) is 5.32 Å². The molecular formula is C14H24N6O2. The highest BCUT2D eigenvalue weighted by Crippen LogP contribution is 2.40. The maximum absolute atomic E-state index is 12.1. The summed E-state index contributed by atoms with van der Waals surface area (Å²) in [4.78, 5) is 12.1. The highest BCUT2D eigenvalue weighted by Gasteiger charge is 2.42. The van der Waals surface area contributed by atoms with E-state index in [0.717, 1.165) is 32.1 Å². The summed E-state index contributed by atoms with van der Waals surface area (Å²) < 4.78 is 7.56. The normalized spacial score (nSPS) is 23.0. The smallest absolute Gasteiger partial charge is 0.321 e. The van der Waals surface area contributed by atoms with Crippen LogP contribution in [0, 0.1) is 0 Å². The van der Waals surface area contributed by atoms with Crippen molar-refractivity contribution in [3.8, 4) is 0 Å². The standard InChI is InChI=1S/C14H24N6O2/c1-2-3-8-20-12(17-18-19-20)16-13(21)15-11-9-14(22-10-11)6-4-5-7-14/h11H,2-10H2,1H3,(H2,15,16,17,19,21). The molecular weight excluding hydrogens is 284 g/mol. The predicted octanol–water partition coefficient (Wildman–Crippen LogP) is 1.70. The second-order valence-corrected chi connectivity index (χ2v) is 6.28. The number of anilines is 1. The number of aromatic nitrogens is 4. The Morgan fingerprint density at radius 3 is 3.05 bits per heavy atom. The Hall–Kier alpha value is -1.70. The van der Waals surface area contributed by atoms with Crippen molar-refractivity contribution >= 4 is 12.0 Å². The molecule has 8 heteroatoms. The second-order valence-electron chi connectivity index (χ2n) is 6.28. The molecule has 1 unspecified atom stereocenters. The first kappa shape index (κ1) is 15.2. The van der Waals surface area contributed by atoms with Gasteiger partial charge < -0.3 is 10.1 Å². The third kappa shape index (κ3) is 3.37. The van der Waals surface area contributed by atoms with Crippen LogP contribution in [0.15, 0.2) is 0 Å². The lowest BCUT2D eigenvalue weighted by Crippen LogP contribution is -2.39. The van der Waals surface area contributed by atoms with Gasteiger partial charge in [-0.05, 0) is 36.1 Å². The lowest BCUT2D eigenvalue weighted by atomic mass is 9.96. The molecule has 8 nitrogen and oxygen atoms in total. The van der Waals surface area contributed by atoms with E-state index in [1.165, 1.54) is 12.8 Å². The van der Waals surface area contributed by atoms with Crippen molar-refractivity contribution in [3.05, 3.63) is 0 Å². The van der Waals surface area contributed by atoms with Crippen LogP contribution in [0.2, 0.25) is 0 Å². The molecule has 3 rings (SSSR count). The topological polar surface area (TPSA) is 94.0 Å². The van der Waals surface area contributed by atoms with Gasteiger partial charge in [-0.1, -0.05) is 31.3 Å². The van der Waals surface area contributed by atoms with Crippen LogP contribution in [0.4, 0.5) is 10.7 Å². The predicted molar refractivity (Wildman–Crippen MR) is 80.4 cm³/mol. The molecule has 0 radical (unpaired) electrons. The van der Waals surface area contributed by atoms with Crippen molar-refractivity contribution in [3.63, 3.8) is 0 Å². The monoisotopic (exact) mass is 308 g/mol. The van der Waals surface area contributed by atoms with E-state index in [2.05, 4.69) is 33.1 Å². The van der Waals surface area contributed by atoms with Gasteiger partial charge in [0.25, 0.3) is 5.95 Å². The summed E-state index contributed by atoms with van der Waals surface area (Å²) in [6, 6.07) is -0.200. The number of rotatable bonds is 5. The van der Waals surface area contributed by atoms with Gasteiger partial charge in [0.2, 0.25) is 0 Å². The third-order valence-electron chi connectivity index (χ3n) is 4.54. The first-order valence-corrected chi connectivity index (χ1v) is 8.18. The highest BCUT2D eigenvalue weighted by atomic mass is 16.5. The molecule has 1 saturated heterocycles. The average Bonchev–Trinajstić information content (AvgIpc) is 3.21. The van der Waals surface area contributed by atoms with Crippen molar-refractivity contribution < 1.29 is 9.53 Å². The van der Waals surface area contributed by atoms with E-state index >= 15 is 0 Å². The fourth-order valence-corrected chi connectivity index (χ4v) is 3.38. The summed E-state index contributed by atoms with van der Waals surface area (Å²) in [5, 5.41) is 17.0. The third-order valence-corrected chi connectivity index (χ3v) is 4.54. The zero-order valence-electron chi connectivity index (χ0n) is 13.0. The Labute approximate surface area is 130 Å². The number of nitrogens with zero attached hydrogens (tertiary/aromatic N) is 4. The maximum Gasteiger partial charge on any atom is 0.321 e. The molecule has 1 spiro atoms. The van der Waals surface area contributed by atoms with Crippen LogP contribution >= 0.6 is 0 Å². The molecule has 0 bridgehead atoms. The minimum atomic E-state index is -0.267. The summed E-state index contributed by atoms with van der Waals surface area (Å²) in [7, 11) is 0. The lowest BCUT2D eigenvalue weighted by Gasteiger charge is -2.21. The molecule has 1 saturated carbocycles. The van der Waals surface area contributed by atoms with Crippen LogP contribution in [-0.2, 0) is 11.3 Å². The highest BCUT2D eigenvalue weighted by molar-refractivity contribution is 5.87. The minimum Gasteiger partial charge on any atom is -0.373 e. The zero-order chi connectivity index (χ0) is 15.4. The molecule has 2 heterocycles. The summed E-state index contributed by atoms with van der Waals surface area (Å²) in [6.45, 7) is 3.39. The molecule has 1 atom stereocenters. The van der Waals surface area contributed by atoms with Crippen molar-refractivity contribution in [2.45, 2.75) is 70.1 Å². The second kappa shape index (κ2) is 6.60. The number of hydrogen-bond donors (Lipinski definition) is 2. The van der Waals surface area contributed by atoms with Gasteiger partial charge in [-0.2, -0.15) is 0 Å². The first-order valence-electron chi connectivity index (χ1n) is 8.18. The Kier molecular flexibility index (Phi) is 4.56. The number of carbonyl (C=O) groups is 1. The van der Waals surface area contributed by atoms with Crippen LogP contribution < -0.4 is 10.6 Å². The molecule has 0 aromatic carbocycles. The van der Waals surface area contributed by atoms with Crippen molar-refractivity contribution in [1.82, 2.24) is 25.5 Å². The first-order chi connectivity index (χ1) is 10.7. The van der Waals surface area contributed by atoms with Crippen LogP contribution in [0.5, 0.6) is 0 Å². The Bertz CT molecular complexity index is 511.